The Labute approximate surface area is 169 Å². The van der Waals surface area contributed by atoms with Gasteiger partial charge in [0.1, 0.15) is 12.7 Å². The lowest BCUT2D eigenvalue weighted by molar-refractivity contribution is -0.146. The summed E-state index contributed by atoms with van der Waals surface area (Å²) in [5.41, 5.74) is 0. The van der Waals surface area contributed by atoms with E-state index in [0.29, 0.717) is 12.8 Å². The van der Waals surface area contributed by atoms with Gasteiger partial charge in [0.15, 0.2) is 0 Å². The molecule has 0 aliphatic heterocycles. The maximum atomic E-state index is 11.9. The number of rotatable bonds is 18. The predicted octanol–water partition coefficient (Wildman–Crippen LogP) is 3.84. The third-order valence-corrected chi connectivity index (χ3v) is 4.78. The van der Waals surface area contributed by atoms with Gasteiger partial charge in [-0.1, -0.05) is 65.2 Å². The number of hydrogen-bond acceptors (Lipinski definition) is 5. The molecule has 28 heavy (non-hydrogen) atoms. The van der Waals surface area contributed by atoms with E-state index in [9.17, 15) is 14.2 Å². The first-order valence-corrected chi connectivity index (χ1v) is 12.0. The molecule has 0 bridgehead atoms. The normalized spacial score (nSPS) is 12.6. The SMILES string of the molecule is CCCCCCCCCCCC(=O)NC[C@H](COC(=O)CCC)OP(=O)(O)O. The van der Waals surface area contributed by atoms with E-state index >= 15 is 0 Å². The lowest BCUT2D eigenvalue weighted by atomic mass is 10.1. The number of unbranched alkanes of at least 4 members (excludes halogenated alkanes) is 8. The molecule has 0 spiro atoms. The number of nitrogens with one attached hydrogen (secondary N) is 1. The van der Waals surface area contributed by atoms with Crippen molar-refractivity contribution in [2.24, 2.45) is 0 Å². The van der Waals surface area contributed by atoms with Crippen LogP contribution in [0.25, 0.3) is 0 Å². The Balaban J connectivity index is 3.96. The van der Waals surface area contributed by atoms with Gasteiger partial charge in [-0.05, 0) is 12.8 Å². The van der Waals surface area contributed by atoms with Crippen LogP contribution in [-0.2, 0) is 23.4 Å². The first-order chi connectivity index (χ1) is 13.3. The highest BCUT2D eigenvalue weighted by Gasteiger charge is 2.24. The number of phosphoric ester groups is 1. The fourth-order valence-electron chi connectivity index (χ4n) is 2.70. The van der Waals surface area contributed by atoms with Crippen LogP contribution >= 0.6 is 7.82 Å². The van der Waals surface area contributed by atoms with Crippen molar-refractivity contribution in [2.45, 2.75) is 97.0 Å². The van der Waals surface area contributed by atoms with Crippen LogP contribution < -0.4 is 5.32 Å². The fraction of sp³-hybridized carbons (Fsp3) is 0.895. The number of ether oxygens (including phenoxy) is 1. The summed E-state index contributed by atoms with van der Waals surface area (Å²) in [7, 11) is -4.74. The molecule has 0 aliphatic rings. The minimum Gasteiger partial charge on any atom is -0.463 e. The first kappa shape index (κ1) is 27.0. The second-order valence-corrected chi connectivity index (χ2v) is 8.23. The molecule has 0 aromatic carbocycles. The zero-order valence-electron chi connectivity index (χ0n) is 17.4. The molecule has 166 valence electrons. The molecule has 9 heteroatoms. The van der Waals surface area contributed by atoms with Crippen molar-refractivity contribution in [3.05, 3.63) is 0 Å². The molecule has 0 saturated heterocycles. The molecule has 0 aliphatic carbocycles. The van der Waals surface area contributed by atoms with Crippen LogP contribution in [-0.4, -0.2) is 40.9 Å². The topological polar surface area (TPSA) is 122 Å². The second kappa shape index (κ2) is 17.0. The van der Waals surface area contributed by atoms with Crippen LogP contribution in [0.2, 0.25) is 0 Å². The number of esters is 1. The molecule has 0 unspecified atom stereocenters. The summed E-state index contributed by atoms with van der Waals surface area (Å²) in [5.74, 6) is -0.676. The fourth-order valence-corrected chi connectivity index (χ4v) is 3.22. The van der Waals surface area contributed by atoms with Crippen molar-refractivity contribution in [1.82, 2.24) is 5.32 Å². The standard InChI is InChI=1S/C19H38NO7P/c1-3-5-6-7-8-9-10-11-12-14-18(21)20-15-17(27-28(23,24)25)16-26-19(22)13-4-2/h17H,3-16H2,1-2H3,(H,20,21)(H2,23,24,25)/t17-/m1/s1. The smallest absolute Gasteiger partial charge is 0.463 e. The third kappa shape index (κ3) is 18.4. The minimum atomic E-state index is -4.74. The van der Waals surface area contributed by atoms with Crippen LogP contribution in [0.15, 0.2) is 0 Å². The second-order valence-electron chi connectivity index (χ2n) is 7.03. The van der Waals surface area contributed by atoms with Gasteiger partial charge in [0.2, 0.25) is 5.91 Å². The van der Waals surface area contributed by atoms with E-state index in [4.69, 9.17) is 14.5 Å². The maximum absolute atomic E-state index is 11.9. The Morgan fingerprint density at radius 1 is 0.893 bits per heavy atom. The van der Waals surface area contributed by atoms with Crippen molar-refractivity contribution in [3.8, 4) is 0 Å². The average Bonchev–Trinajstić information content (AvgIpc) is 2.62. The van der Waals surface area contributed by atoms with E-state index in [1.807, 2.05) is 6.92 Å². The quantitative estimate of drug-likeness (QED) is 0.174. The molecular weight excluding hydrogens is 385 g/mol. The molecule has 8 nitrogen and oxygen atoms in total. The van der Waals surface area contributed by atoms with Crippen molar-refractivity contribution in [2.75, 3.05) is 13.2 Å². The molecule has 1 atom stereocenters. The Morgan fingerprint density at radius 3 is 2.00 bits per heavy atom. The summed E-state index contributed by atoms with van der Waals surface area (Å²) >= 11 is 0. The minimum absolute atomic E-state index is 0.124. The molecule has 1 amide bonds. The molecule has 0 aromatic heterocycles. The van der Waals surface area contributed by atoms with Gasteiger partial charge in [-0.3, -0.25) is 14.1 Å². The summed E-state index contributed by atoms with van der Waals surface area (Å²) in [6.45, 7) is 3.57. The van der Waals surface area contributed by atoms with Crippen LogP contribution in [0.3, 0.4) is 0 Å². The van der Waals surface area contributed by atoms with Crippen LogP contribution in [0.5, 0.6) is 0 Å². The van der Waals surface area contributed by atoms with Crippen molar-refractivity contribution in [1.29, 1.82) is 0 Å². The Bertz CT molecular complexity index is 467. The molecule has 0 radical (unpaired) electrons. The molecule has 0 saturated carbocycles. The molecule has 0 rings (SSSR count). The number of phosphoric acid groups is 1. The van der Waals surface area contributed by atoms with Gasteiger partial charge in [-0.15, -0.1) is 0 Å². The Hall–Kier alpha value is -0.950. The van der Waals surface area contributed by atoms with Crippen molar-refractivity contribution < 1.29 is 33.2 Å². The number of carbonyl (C=O) groups excluding carboxylic acids is 2. The van der Waals surface area contributed by atoms with Gasteiger partial charge in [-0.25, -0.2) is 4.57 Å². The maximum Gasteiger partial charge on any atom is 0.470 e. The molecule has 3 N–H and O–H groups in total. The number of amides is 1. The molecule has 0 fully saturated rings. The number of hydrogen-bond donors (Lipinski definition) is 3. The zero-order valence-corrected chi connectivity index (χ0v) is 18.3. The van der Waals surface area contributed by atoms with E-state index in [1.165, 1.54) is 38.5 Å². The number of carbonyl (C=O) groups is 2. The summed E-state index contributed by atoms with van der Waals surface area (Å²) in [5, 5.41) is 2.59. The van der Waals surface area contributed by atoms with Gasteiger partial charge in [0, 0.05) is 19.4 Å². The highest BCUT2D eigenvalue weighted by Crippen LogP contribution is 2.37. The van der Waals surface area contributed by atoms with Crippen molar-refractivity contribution >= 4 is 19.7 Å². The van der Waals surface area contributed by atoms with E-state index in [0.717, 1.165) is 19.3 Å². The largest absolute Gasteiger partial charge is 0.470 e. The highest BCUT2D eigenvalue weighted by atomic mass is 31.2. The van der Waals surface area contributed by atoms with Gasteiger partial charge >= 0.3 is 13.8 Å². The van der Waals surface area contributed by atoms with Gasteiger partial charge < -0.3 is 19.8 Å². The van der Waals surface area contributed by atoms with Crippen LogP contribution in [0.1, 0.15) is 90.9 Å². The summed E-state index contributed by atoms with van der Waals surface area (Å²) in [6, 6.07) is 0. The molecule has 0 heterocycles. The third-order valence-electron chi connectivity index (χ3n) is 4.21. The van der Waals surface area contributed by atoms with Gasteiger partial charge in [0.05, 0.1) is 0 Å². The Kier molecular flexibility index (Phi) is 16.4. The summed E-state index contributed by atoms with van der Waals surface area (Å²) in [4.78, 5) is 41.2. The summed E-state index contributed by atoms with van der Waals surface area (Å²) < 4.78 is 20.5. The monoisotopic (exact) mass is 423 g/mol. The van der Waals surface area contributed by atoms with E-state index in [2.05, 4.69) is 16.8 Å². The predicted molar refractivity (Wildman–Crippen MR) is 108 cm³/mol. The van der Waals surface area contributed by atoms with Crippen molar-refractivity contribution in [3.63, 3.8) is 0 Å². The highest BCUT2D eigenvalue weighted by molar-refractivity contribution is 7.46. The molecule has 0 aromatic rings. The van der Waals surface area contributed by atoms with Crippen LogP contribution in [0, 0.1) is 0 Å². The van der Waals surface area contributed by atoms with Gasteiger partial charge in [0.25, 0.3) is 0 Å². The zero-order chi connectivity index (χ0) is 21.3. The van der Waals surface area contributed by atoms with E-state index in [1.54, 1.807) is 0 Å². The first-order valence-electron chi connectivity index (χ1n) is 10.4. The van der Waals surface area contributed by atoms with Crippen LogP contribution in [0.4, 0.5) is 0 Å². The Morgan fingerprint density at radius 2 is 1.46 bits per heavy atom. The lowest BCUT2D eigenvalue weighted by Gasteiger charge is -2.18. The van der Waals surface area contributed by atoms with Gasteiger partial charge in [-0.2, -0.15) is 0 Å². The van der Waals surface area contributed by atoms with E-state index in [-0.39, 0.29) is 25.5 Å². The lowest BCUT2D eigenvalue weighted by Crippen LogP contribution is -2.36. The van der Waals surface area contributed by atoms with E-state index < -0.39 is 19.9 Å². The average molecular weight is 423 g/mol. The molecular formula is C19H38NO7P. The summed E-state index contributed by atoms with van der Waals surface area (Å²) in [6.07, 6.45) is 10.5.